The first kappa shape index (κ1) is 10.5. The molecule has 0 aromatic heterocycles. The molecule has 3 nitrogen and oxygen atoms in total. The number of esters is 1. The molecule has 1 fully saturated rings. The van der Waals surface area contributed by atoms with Gasteiger partial charge in [-0.1, -0.05) is 0 Å². The number of hydrogen-bond acceptors (Lipinski definition) is 3. The number of ether oxygens (including phenoxy) is 1. The number of carbonyl (C=O) groups excluding carboxylic acids is 2. The van der Waals surface area contributed by atoms with E-state index in [0.717, 1.165) is 25.7 Å². The van der Waals surface area contributed by atoms with E-state index in [2.05, 4.69) is 0 Å². The molecule has 0 spiro atoms. The van der Waals surface area contributed by atoms with Crippen molar-refractivity contribution < 1.29 is 14.3 Å². The van der Waals surface area contributed by atoms with E-state index in [4.69, 9.17) is 16.3 Å². The molecule has 1 rings (SSSR count). The van der Waals surface area contributed by atoms with Crippen LogP contribution in [0.4, 0.5) is 0 Å². The summed E-state index contributed by atoms with van der Waals surface area (Å²) in [5, 5.41) is -0.263. The summed E-state index contributed by atoms with van der Waals surface area (Å²) < 4.78 is 5.03. The van der Waals surface area contributed by atoms with Crippen molar-refractivity contribution in [3.8, 4) is 0 Å². The minimum atomic E-state index is -0.263. The van der Waals surface area contributed by atoms with Crippen molar-refractivity contribution >= 4 is 22.8 Å². The van der Waals surface area contributed by atoms with E-state index in [1.54, 1.807) is 0 Å². The molecule has 0 unspecified atom stereocenters. The Morgan fingerprint density at radius 2 is 1.77 bits per heavy atom. The quantitative estimate of drug-likeness (QED) is 0.510. The molecule has 0 radical (unpaired) electrons. The van der Waals surface area contributed by atoms with Crippen LogP contribution in [0.25, 0.3) is 0 Å². The second kappa shape index (κ2) is 4.61. The van der Waals surface area contributed by atoms with Crippen LogP contribution in [-0.2, 0) is 14.3 Å². The summed E-state index contributed by atoms with van der Waals surface area (Å²) >= 11 is 5.36. The van der Waals surface area contributed by atoms with E-state index in [9.17, 15) is 9.59 Å². The maximum Gasteiger partial charge on any atom is 0.302 e. The maximum absolute atomic E-state index is 10.8. The lowest BCUT2D eigenvalue weighted by Gasteiger charge is -2.25. The zero-order chi connectivity index (χ0) is 9.84. The van der Waals surface area contributed by atoms with Gasteiger partial charge in [-0.15, -0.1) is 0 Å². The minimum Gasteiger partial charge on any atom is -0.463 e. The van der Waals surface area contributed by atoms with E-state index >= 15 is 0 Å². The molecule has 4 heteroatoms. The predicted octanol–water partition coefficient (Wildman–Crippen LogP) is 1.87. The third-order valence-electron chi connectivity index (χ3n) is 2.33. The van der Waals surface area contributed by atoms with Crippen molar-refractivity contribution in [2.24, 2.45) is 5.92 Å². The molecule has 13 heavy (non-hydrogen) atoms. The molecular weight excluding hydrogens is 192 g/mol. The summed E-state index contributed by atoms with van der Waals surface area (Å²) in [5.74, 6) is -0.283. The smallest absolute Gasteiger partial charge is 0.302 e. The van der Waals surface area contributed by atoms with E-state index in [0.29, 0.717) is 0 Å². The molecule has 0 saturated heterocycles. The molecule has 1 aliphatic rings. The zero-order valence-electron chi connectivity index (χ0n) is 7.59. The summed E-state index contributed by atoms with van der Waals surface area (Å²) in [7, 11) is 0. The summed E-state index contributed by atoms with van der Waals surface area (Å²) in [6, 6.07) is 0. The third kappa shape index (κ3) is 3.35. The monoisotopic (exact) mass is 204 g/mol. The molecular formula is C9H13ClO3. The molecule has 0 aromatic rings. The zero-order valence-corrected chi connectivity index (χ0v) is 8.34. The Morgan fingerprint density at radius 3 is 2.15 bits per heavy atom. The second-order valence-electron chi connectivity index (χ2n) is 3.39. The third-order valence-corrected chi connectivity index (χ3v) is 2.64. The van der Waals surface area contributed by atoms with E-state index in [1.165, 1.54) is 6.92 Å². The van der Waals surface area contributed by atoms with Gasteiger partial charge in [0.15, 0.2) is 0 Å². The highest BCUT2D eigenvalue weighted by Gasteiger charge is 2.26. The fourth-order valence-corrected chi connectivity index (χ4v) is 1.86. The number of halogens is 1. The van der Waals surface area contributed by atoms with Crippen LogP contribution >= 0.6 is 11.6 Å². The largest absolute Gasteiger partial charge is 0.463 e. The molecule has 0 amide bonds. The summed E-state index contributed by atoms with van der Waals surface area (Å²) in [6.45, 7) is 1.40. The van der Waals surface area contributed by atoms with Gasteiger partial charge in [0, 0.05) is 12.8 Å². The molecule has 74 valence electrons. The number of carbonyl (C=O) groups is 2. The van der Waals surface area contributed by atoms with Crippen LogP contribution in [-0.4, -0.2) is 17.3 Å². The number of hydrogen-bond donors (Lipinski definition) is 0. The van der Waals surface area contributed by atoms with Crippen LogP contribution in [0, 0.1) is 5.92 Å². The number of rotatable bonds is 2. The summed E-state index contributed by atoms with van der Waals surface area (Å²) in [5.41, 5.74) is 0. The molecule has 1 saturated carbocycles. The molecule has 1 aliphatic carbocycles. The highest BCUT2D eigenvalue weighted by Crippen LogP contribution is 2.27. The Labute approximate surface area is 82.4 Å². The van der Waals surface area contributed by atoms with Gasteiger partial charge in [-0.05, 0) is 37.3 Å². The fraction of sp³-hybridized carbons (Fsp3) is 0.778. The summed E-state index contributed by atoms with van der Waals surface area (Å²) in [4.78, 5) is 21.4. The average molecular weight is 205 g/mol. The van der Waals surface area contributed by atoms with Gasteiger partial charge in [0.1, 0.15) is 6.10 Å². The van der Waals surface area contributed by atoms with Crippen molar-refractivity contribution in [3.63, 3.8) is 0 Å². The average Bonchev–Trinajstić information content (AvgIpc) is 2.04. The van der Waals surface area contributed by atoms with E-state index in [1.807, 2.05) is 0 Å². The van der Waals surface area contributed by atoms with Gasteiger partial charge in [-0.25, -0.2) is 0 Å². The van der Waals surface area contributed by atoms with Gasteiger partial charge in [0.2, 0.25) is 5.24 Å². The topological polar surface area (TPSA) is 43.4 Å². The first-order valence-corrected chi connectivity index (χ1v) is 4.84. The maximum atomic E-state index is 10.8. The van der Waals surface area contributed by atoms with Crippen LogP contribution in [0.5, 0.6) is 0 Å². The van der Waals surface area contributed by atoms with E-state index in [-0.39, 0.29) is 23.2 Å². The Balaban J connectivity index is 2.30. The van der Waals surface area contributed by atoms with Crippen molar-refractivity contribution in [2.45, 2.75) is 38.7 Å². The van der Waals surface area contributed by atoms with Crippen molar-refractivity contribution in [1.82, 2.24) is 0 Å². The lowest BCUT2D eigenvalue weighted by atomic mass is 9.88. The fourth-order valence-electron chi connectivity index (χ4n) is 1.64. The second-order valence-corrected chi connectivity index (χ2v) is 3.76. The lowest BCUT2D eigenvalue weighted by Crippen LogP contribution is -2.25. The Morgan fingerprint density at radius 1 is 1.23 bits per heavy atom. The highest BCUT2D eigenvalue weighted by molar-refractivity contribution is 6.63. The first-order chi connectivity index (χ1) is 6.09. The van der Waals surface area contributed by atoms with Crippen LogP contribution in [0.3, 0.4) is 0 Å². The van der Waals surface area contributed by atoms with Crippen LogP contribution in [0.2, 0.25) is 0 Å². The molecule has 0 aromatic carbocycles. The standard InChI is InChI=1S/C9H13ClO3/c1-6(11)13-8-4-2-7(3-5-8)9(10)12/h7-8H,2-5H2,1H3. The minimum absolute atomic E-state index is 0.00948. The lowest BCUT2D eigenvalue weighted by molar-refractivity contribution is -0.148. The first-order valence-electron chi connectivity index (χ1n) is 4.46. The van der Waals surface area contributed by atoms with Gasteiger partial charge in [-0.3, -0.25) is 9.59 Å². The normalized spacial score (nSPS) is 28.2. The van der Waals surface area contributed by atoms with Gasteiger partial charge in [0.25, 0.3) is 0 Å². The highest BCUT2D eigenvalue weighted by atomic mass is 35.5. The van der Waals surface area contributed by atoms with Gasteiger partial charge in [0.05, 0.1) is 0 Å². The molecule has 0 N–H and O–H groups in total. The van der Waals surface area contributed by atoms with Crippen molar-refractivity contribution in [2.75, 3.05) is 0 Å². The van der Waals surface area contributed by atoms with Gasteiger partial charge < -0.3 is 4.74 Å². The van der Waals surface area contributed by atoms with Crippen LogP contribution in [0.15, 0.2) is 0 Å². The van der Waals surface area contributed by atoms with E-state index < -0.39 is 0 Å². The van der Waals surface area contributed by atoms with Crippen LogP contribution in [0.1, 0.15) is 32.6 Å². The predicted molar refractivity (Wildman–Crippen MR) is 48.4 cm³/mol. The summed E-state index contributed by atoms with van der Waals surface area (Å²) in [6.07, 6.45) is 2.97. The molecule has 0 aliphatic heterocycles. The molecule has 0 atom stereocenters. The SMILES string of the molecule is CC(=O)OC1CCC(C(=O)Cl)CC1. The molecule has 0 bridgehead atoms. The van der Waals surface area contributed by atoms with Crippen LogP contribution < -0.4 is 0 Å². The van der Waals surface area contributed by atoms with Crippen molar-refractivity contribution in [1.29, 1.82) is 0 Å². The Bertz CT molecular complexity index is 207. The van der Waals surface area contributed by atoms with Crippen molar-refractivity contribution in [3.05, 3.63) is 0 Å². The molecule has 0 heterocycles. The Hall–Kier alpha value is -0.570. The Kier molecular flexibility index (Phi) is 3.72. The van der Waals surface area contributed by atoms with Gasteiger partial charge >= 0.3 is 5.97 Å². The van der Waals surface area contributed by atoms with Gasteiger partial charge in [-0.2, -0.15) is 0 Å².